The summed E-state index contributed by atoms with van der Waals surface area (Å²) in [5.41, 5.74) is 5.31. The molecule has 0 saturated carbocycles. The average Bonchev–Trinajstić information content (AvgIpc) is 1.88. The second kappa shape index (κ2) is 6.39. The van der Waals surface area contributed by atoms with E-state index in [1.807, 2.05) is 0 Å². The highest BCUT2D eigenvalue weighted by Gasteiger charge is 2.18. The van der Waals surface area contributed by atoms with Crippen molar-refractivity contribution in [2.24, 2.45) is 5.73 Å². The lowest BCUT2D eigenvalue weighted by molar-refractivity contribution is -0.145. The van der Waals surface area contributed by atoms with Gasteiger partial charge in [-0.2, -0.15) is 0 Å². The number of hydrogen-bond acceptors (Lipinski definition) is 4. The Kier molecular flexibility index (Phi) is 7.72. The Bertz CT molecular complexity index is 119. The first-order chi connectivity index (χ1) is 4.63. The van der Waals surface area contributed by atoms with Crippen molar-refractivity contribution in [1.82, 2.24) is 4.90 Å². The lowest BCUT2D eigenvalue weighted by Crippen LogP contribution is -2.42. The van der Waals surface area contributed by atoms with E-state index in [1.54, 1.807) is 19.0 Å². The summed E-state index contributed by atoms with van der Waals surface area (Å²) in [6, 6.07) is -0.315. The Balaban J connectivity index is 0. The Labute approximate surface area is 73.1 Å². The summed E-state index contributed by atoms with van der Waals surface area (Å²) in [5, 5.41) is 0. The molecule has 0 rings (SSSR count). The molecule has 11 heavy (non-hydrogen) atoms. The van der Waals surface area contributed by atoms with Crippen LogP contribution >= 0.6 is 12.4 Å². The van der Waals surface area contributed by atoms with E-state index in [2.05, 4.69) is 4.74 Å². The molecule has 0 radical (unpaired) electrons. The lowest BCUT2D eigenvalue weighted by Gasteiger charge is -2.19. The van der Waals surface area contributed by atoms with Crippen LogP contribution in [0.25, 0.3) is 0 Å². The van der Waals surface area contributed by atoms with Crippen LogP contribution in [0.3, 0.4) is 0 Å². The number of methoxy groups -OCH3 is 1. The molecule has 4 nitrogen and oxygen atoms in total. The monoisotopic (exact) mass is 182 g/mol. The van der Waals surface area contributed by atoms with Crippen molar-refractivity contribution in [3.05, 3.63) is 0 Å². The van der Waals surface area contributed by atoms with Crippen molar-refractivity contribution < 1.29 is 9.53 Å². The van der Waals surface area contributed by atoms with E-state index in [4.69, 9.17) is 5.73 Å². The molecule has 0 aromatic carbocycles. The molecule has 0 aliphatic heterocycles. The second-order valence-electron chi connectivity index (χ2n) is 2.24. The van der Waals surface area contributed by atoms with E-state index in [1.165, 1.54) is 7.11 Å². The Morgan fingerprint density at radius 3 is 2.18 bits per heavy atom. The van der Waals surface area contributed by atoms with Crippen molar-refractivity contribution >= 4 is 18.4 Å². The van der Waals surface area contributed by atoms with Crippen molar-refractivity contribution in [2.75, 3.05) is 27.7 Å². The molecule has 0 aliphatic carbocycles. The van der Waals surface area contributed by atoms with Crippen molar-refractivity contribution in [3.63, 3.8) is 0 Å². The number of esters is 1. The highest BCUT2D eigenvalue weighted by atomic mass is 35.5. The molecule has 0 unspecified atom stereocenters. The van der Waals surface area contributed by atoms with Crippen LogP contribution in [-0.2, 0) is 9.53 Å². The van der Waals surface area contributed by atoms with Gasteiger partial charge in [-0.05, 0) is 14.1 Å². The van der Waals surface area contributed by atoms with Crippen LogP contribution in [0.15, 0.2) is 0 Å². The number of carbonyl (C=O) groups excluding carboxylic acids is 1. The summed E-state index contributed by atoms with van der Waals surface area (Å²) in [6.07, 6.45) is 0. The Morgan fingerprint density at radius 2 is 2.09 bits per heavy atom. The highest BCUT2D eigenvalue weighted by Crippen LogP contribution is 1.92. The van der Waals surface area contributed by atoms with E-state index < -0.39 is 0 Å². The van der Waals surface area contributed by atoms with Gasteiger partial charge in [-0.1, -0.05) is 0 Å². The third kappa shape index (κ3) is 4.19. The first-order valence-electron chi connectivity index (χ1n) is 3.07. The lowest BCUT2D eigenvalue weighted by atomic mass is 10.3. The first kappa shape index (κ1) is 13.3. The van der Waals surface area contributed by atoms with Gasteiger partial charge in [-0.3, -0.25) is 9.69 Å². The molecule has 0 fully saturated rings. The van der Waals surface area contributed by atoms with Crippen LogP contribution in [0.2, 0.25) is 0 Å². The number of rotatable bonds is 3. The molecule has 0 bridgehead atoms. The molecule has 68 valence electrons. The normalized spacial score (nSPS) is 12.1. The molecule has 0 aromatic rings. The largest absolute Gasteiger partial charge is 0.468 e. The average molecular weight is 183 g/mol. The fourth-order valence-electron chi connectivity index (χ4n) is 0.654. The maximum Gasteiger partial charge on any atom is 0.324 e. The highest BCUT2D eigenvalue weighted by molar-refractivity contribution is 5.85. The smallest absolute Gasteiger partial charge is 0.324 e. The van der Waals surface area contributed by atoms with Gasteiger partial charge in [0.05, 0.1) is 7.11 Å². The summed E-state index contributed by atoms with van der Waals surface area (Å²) in [4.78, 5) is 12.6. The minimum atomic E-state index is -0.315. The number of likely N-dealkylation sites (N-methyl/N-ethyl adjacent to an activating group) is 1. The maximum absolute atomic E-state index is 10.8. The molecular weight excluding hydrogens is 168 g/mol. The van der Waals surface area contributed by atoms with Crippen molar-refractivity contribution in [2.45, 2.75) is 6.04 Å². The summed E-state index contributed by atoms with van der Waals surface area (Å²) >= 11 is 0. The van der Waals surface area contributed by atoms with Gasteiger partial charge in [0, 0.05) is 6.54 Å². The SMILES string of the molecule is COC(=O)[C@H](CN)N(C)C.Cl. The predicted molar refractivity (Wildman–Crippen MR) is 45.8 cm³/mol. The summed E-state index contributed by atoms with van der Waals surface area (Å²) in [5.74, 6) is -0.285. The molecule has 0 saturated heterocycles. The van der Waals surface area contributed by atoms with Gasteiger partial charge in [0.15, 0.2) is 0 Å². The van der Waals surface area contributed by atoms with Gasteiger partial charge in [0.2, 0.25) is 0 Å². The minimum absolute atomic E-state index is 0. The molecule has 0 spiro atoms. The topological polar surface area (TPSA) is 55.6 Å². The molecule has 0 amide bonds. The van der Waals surface area contributed by atoms with Crippen molar-refractivity contribution in [3.8, 4) is 0 Å². The van der Waals surface area contributed by atoms with Crippen LogP contribution in [0.5, 0.6) is 0 Å². The zero-order valence-electron chi connectivity index (χ0n) is 7.03. The predicted octanol–water partition coefficient (Wildman–Crippen LogP) is -0.530. The number of nitrogens with two attached hydrogens (primary N) is 1. The van der Waals surface area contributed by atoms with E-state index in [-0.39, 0.29) is 24.4 Å². The van der Waals surface area contributed by atoms with Crippen molar-refractivity contribution in [1.29, 1.82) is 0 Å². The van der Waals surface area contributed by atoms with Crippen LogP contribution in [-0.4, -0.2) is 44.7 Å². The summed E-state index contributed by atoms with van der Waals surface area (Å²) in [6.45, 7) is 0.291. The third-order valence-corrected chi connectivity index (χ3v) is 1.32. The third-order valence-electron chi connectivity index (χ3n) is 1.32. The van der Waals surface area contributed by atoms with E-state index in [0.717, 1.165) is 0 Å². The Hall–Kier alpha value is -0.320. The second-order valence-corrected chi connectivity index (χ2v) is 2.24. The van der Waals surface area contributed by atoms with Gasteiger partial charge < -0.3 is 10.5 Å². The fourth-order valence-corrected chi connectivity index (χ4v) is 0.654. The zero-order valence-corrected chi connectivity index (χ0v) is 7.85. The molecule has 0 aliphatic rings. The number of nitrogens with zero attached hydrogens (tertiary/aromatic N) is 1. The first-order valence-corrected chi connectivity index (χ1v) is 3.07. The summed E-state index contributed by atoms with van der Waals surface area (Å²) in [7, 11) is 4.93. The molecule has 1 atom stereocenters. The van der Waals surface area contributed by atoms with Crippen LogP contribution < -0.4 is 5.73 Å². The van der Waals surface area contributed by atoms with Crippen LogP contribution in [0.4, 0.5) is 0 Å². The number of carbonyl (C=O) groups is 1. The standard InChI is InChI=1S/C6H14N2O2.ClH/c1-8(2)5(4-7)6(9)10-3;/h5H,4,7H2,1-3H3;1H/t5-;/m0./s1. The van der Waals surface area contributed by atoms with Gasteiger partial charge in [0.1, 0.15) is 6.04 Å². The zero-order chi connectivity index (χ0) is 8.15. The quantitative estimate of drug-likeness (QED) is 0.597. The summed E-state index contributed by atoms with van der Waals surface area (Å²) < 4.78 is 4.50. The molecule has 0 heterocycles. The molecular formula is C6H15ClN2O2. The van der Waals surface area contributed by atoms with E-state index in [0.29, 0.717) is 6.54 Å². The number of hydrogen-bond donors (Lipinski definition) is 1. The van der Waals surface area contributed by atoms with Gasteiger partial charge in [0.25, 0.3) is 0 Å². The van der Waals surface area contributed by atoms with Gasteiger partial charge in [-0.15, -0.1) is 12.4 Å². The minimum Gasteiger partial charge on any atom is -0.468 e. The van der Waals surface area contributed by atoms with Crippen LogP contribution in [0, 0.1) is 0 Å². The number of halogens is 1. The number of ether oxygens (including phenoxy) is 1. The molecule has 2 N–H and O–H groups in total. The Morgan fingerprint density at radius 1 is 1.64 bits per heavy atom. The van der Waals surface area contributed by atoms with Gasteiger partial charge in [-0.25, -0.2) is 0 Å². The maximum atomic E-state index is 10.8. The van der Waals surface area contributed by atoms with E-state index in [9.17, 15) is 4.79 Å². The molecule has 0 aromatic heterocycles. The fraction of sp³-hybridized carbons (Fsp3) is 0.833. The van der Waals surface area contributed by atoms with Gasteiger partial charge >= 0.3 is 5.97 Å². The van der Waals surface area contributed by atoms with E-state index >= 15 is 0 Å². The van der Waals surface area contributed by atoms with Crippen LogP contribution in [0.1, 0.15) is 0 Å². The molecule has 5 heteroatoms.